The number of imidazole rings is 1. The van der Waals surface area contributed by atoms with Crippen LogP contribution < -0.4 is 10.6 Å². The fourth-order valence-corrected chi connectivity index (χ4v) is 3.11. The highest BCUT2D eigenvalue weighted by Crippen LogP contribution is 2.33. The lowest BCUT2D eigenvalue weighted by molar-refractivity contribution is -0.113. The second kappa shape index (κ2) is 6.22. The lowest BCUT2D eigenvalue weighted by Gasteiger charge is -2.17. The van der Waals surface area contributed by atoms with Crippen LogP contribution in [-0.4, -0.2) is 21.2 Å². The van der Waals surface area contributed by atoms with E-state index in [9.17, 15) is 4.79 Å². The SMILES string of the molecule is CCCn1ccnc1CNc1ccc2c(c1)NC(=O)CS2. The van der Waals surface area contributed by atoms with Gasteiger partial charge in [-0.1, -0.05) is 6.92 Å². The van der Waals surface area contributed by atoms with E-state index in [4.69, 9.17) is 0 Å². The number of nitrogens with zero attached hydrogens (tertiary/aromatic N) is 2. The average Bonchev–Trinajstić information content (AvgIpc) is 2.92. The maximum Gasteiger partial charge on any atom is 0.234 e. The monoisotopic (exact) mass is 302 g/mol. The molecule has 0 saturated carbocycles. The van der Waals surface area contributed by atoms with E-state index in [0.717, 1.165) is 35.1 Å². The van der Waals surface area contributed by atoms with Crippen molar-refractivity contribution in [2.24, 2.45) is 0 Å². The number of carbonyl (C=O) groups is 1. The van der Waals surface area contributed by atoms with Crippen molar-refractivity contribution < 1.29 is 4.79 Å². The van der Waals surface area contributed by atoms with Crippen LogP contribution >= 0.6 is 11.8 Å². The molecule has 0 fully saturated rings. The maximum absolute atomic E-state index is 11.4. The number of amides is 1. The molecule has 2 aromatic rings. The van der Waals surface area contributed by atoms with Crippen LogP contribution in [0.25, 0.3) is 0 Å². The summed E-state index contributed by atoms with van der Waals surface area (Å²) in [7, 11) is 0. The summed E-state index contributed by atoms with van der Waals surface area (Å²) >= 11 is 1.57. The molecule has 1 aromatic carbocycles. The Morgan fingerprint density at radius 2 is 2.38 bits per heavy atom. The Labute approximate surface area is 128 Å². The summed E-state index contributed by atoms with van der Waals surface area (Å²) in [4.78, 5) is 16.9. The normalized spacial score (nSPS) is 13.7. The molecule has 2 N–H and O–H groups in total. The number of aromatic nitrogens is 2. The molecule has 6 heteroatoms. The number of anilines is 2. The van der Waals surface area contributed by atoms with E-state index in [1.807, 2.05) is 30.6 Å². The second-order valence-electron chi connectivity index (χ2n) is 4.94. The van der Waals surface area contributed by atoms with Crippen LogP contribution in [0.4, 0.5) is 11.4 Å². The first-order valence-corrected chi connectivity index (χ1v) is 8.05. The molecule has 0 saturated heterocycles. The van der Waals surface area contributed by atoms with E-state index in [1.54, 1.807) is 11.8 Å². The number of thioether (sulfide) groups is 1. The number of aryl methyl sites for hydroxylation is 1. The highest BCUT2D eigenvalue weighted by molar-refractivity contribution is 8.00. The van der Waals surface area contributed by atoms with Crippen molar-refractivity contribution in [2.45, 2.75) is 31.3 Å². The van der Waals surface area contributed by atoms with Crippen LogP contribution in [0.1, 0.15) is 19.2 Å². The quantitative estimate of drug-likeness (QED) is 0.891. The largest absolute Gasteiger partial charge is 0.378 e. The number of nitrogens with one attached hydrogen (secondary N) is 2. The Morgan fingerprint density at radius 3 is 3.24 bits per heavy atom. The predicted molar refractivity (Wildman–Crippen MR) is 85.6 cm³/mol. The van der Waals surface area contributed by atoms with Gasteiger partial charge in [0.15, 0.2) is 0 Å². The van der Waals surface area contributed by atoms with Crippen molar-refractivity contribution in [3.63, 3.8) is 0 Å². The molecule has 0 spiro atoms. The fourth-order valence-electron chi connectivity index (χ4n) is 2.33. The zero-order chi connectivity index (χ0) is 14.7. The molecule has 1 aromatic heterocycles. The Kier molecular flexibility index (Phi) is 4.15. The van der Waals surface area contributed by atoms with Gasteiger partial charge in [-0.05, 0) is 24.6 Å². The van der Waals surface area contributed by atoms with Crippen LogP contribution in [0, 0.1) is 0 Å². The summed E-state index contributed by atoms with van der Waals surface area (Å²) in [5, 5.41) is 6.27. The number of rotatable bonds is 5. The average molecular weight is 302 g/mol. The number of fused-ring (bicyclic) bond motifs is 1. The molecule has 0 bridgehead atoms. The summed E-state index contributed by atoms with van der Waals surface area (Å²) in [5.41, 5.74) is 1.88. The standard InChI is InChI=1S/C15H18N4OS/c1-2-6-19-7-5-16-14(19)9-17-11-3-4-13-12(8-11)18-15(20)10-21-13/h3-5,7-8,17H,2,6,9-10H2,1H3,(H,18,20). The van der Waals surface area contributed by atoms with Crippen LogP contribution in [-0.2, 0) is 17.9 Å². The molecular formula is C15H18N4OS. The molecule has 0 radical (unpaired) electrons. The summed E-state index contributed by atoms with van der Waals surface area (Å²) in [6, 6.07) is 6.06. The molecule has 3 rings (SSSR count). The van der Waals surface area contributed by atoms with E-state index in [0.29, 0.717) is 12.3 Å². The van der Waals surface area contributed by atoms with Crippen LogP contribution in [0.15, 0.2) is 35.5 Å². The van der Waals surface area contributed by atoms with Gasteiger partial charge in [0.2, 0.25) is 5.91 Å². The number of hydrogen-bond donors (Lipinski definition) is 2. The number of hydrogen-bond acceptors (Lipinski definition) is 4. The van der Waals surface area contributed by atoms with Crippen molar-refractivity contribution in [2.75, 3.05) is 16.4 Å². The molecule has 2 heterocycles. The highest BCUT2D eigenvalue weighted by atomic mass is 32.2. The molecule has 5 nitrogen and oxygen atoms in total. The smallest absolute Gasteiger partial charge is 0.234 e. The molecule has 0 unspecified atom stereocenters. The van der Waals surface area contributed by atoms with E-state index in [-0.39, 0.29) is 5.91 Å². The maximum atomic E-state index is 11.4. The van der Waals surface area contributed by atoms with Gasteiger partial charge in [-0.15, -0.1) is 11.8 Å². The molecule has 1 aliphatic heterocycles. The lowest BCUT2D eigenvalue weighted by Crippen LogP contribution is -2.18. The minimum absolute atomic E-state index is 0.0585. The number of benzene rings is 1. The zero-order valence-corrected chi connectivity index (χ0v) is 12.7. The minimum Gasteiger partial charge on any atom is -0.378 e. The number of carbonyl (C=O) groups excluding carboxylic acids is 1. The third kappa shape index (κ3) is 3.21. The fraction of sp³-hybridized carbons (Fsp3) is 0.333. The highest BCUT2D eigenvalue weighted by Gasteiger charge is 2.15. The van der Waals surface area contributed by atoms with Crippen molar-refractivity contribution >= 4 is 29.0 Å². The third-order valence-corrected chi connectivity index (χ3v) is 4.40. The molecule has 1 amide bonds. The van der Waals surface area contributed by atoms with Crippen molar-refractivity contribution in [1.29, 1.82) is 0 Å². The van der Waals surface area contributed by atoms with E-state index >= 15 is 0 Å². The van der Waals surface area contributed by atoms with E-state index < -0.39 is 0 Å². The molecule has 0 aliphatic carbocycles. The van der Waals surface area contributed by atoms with Gasteiger partial charge in [-0.2, -0.15) is 0 Å². The lowest BCUT2D eigenvalue weighted by atomic mass is 10.2. The third-order valence-electron chi connectivity index (χ3n) is 3.33. The zero-order valence-electron chi connectivity index (χ0n) is 11.9. The summed E-state index contributed by atoms with van der Waals surface area (Å²) in [6.45, 7) is 3.81. The van der Waals surface area contributed by atoms with E-state index in [2.05, 4.69) is 27.1 Å². The van der Waals surface area contributed by atoms with Crippen molar-refractivity contribution in [1.82, 2.24) is 9.55 Å². The first-order chi connectivity index (χ1) is 10.3. The van der Waals surface area contributed by atoms with Crippen LogP contribution in [0.5, 0.6) is 0 Å². The summed E-state index contributed by atoms with van der Waals surface area (Å²) in [5.74, 6) is 1.57. The van der Waals surface area contributed by atoms with E-state index in [1.165, 1.54) is 0 Å². The molecule has 110 valence electrons. The van der Waals surface area contributed by atoms with Gasteiger partial charge in [0, 0.05) is 29.5 Å². The topological polar surface area (TPSA) is 59.0 Å². The van der Waals surface area contributed by atoms with Gasteiger partial charge < -0.3 is 15.2 Å². The van der Waals surface area contributed by atoms with Gasteiger partial charge >= 0.3 is 0 Å². The van der Waals surface area contributed by atoms with Crippen molar-refractivity contribution in [3.05, 3.63) is 36.4 Å². The Morgan fingerprint density at radius 1 is 1.48 bits per heavy atom. The summed E-state index contributed by atoms with van der Waals surface area (Å²) < 4.78 is 2.16. The van der Waals surface area contributed by atoms with Gasteiger partial charge in [0.1, 0.15) is 5.82 Å². The van der Waals surface area contributed by atoms with Crippen LogP contribution in [0.3, 0.4) is 0 Å². The predicted octanol–water partition coefficient (Wildman–Crippen LogP) is 2.95. The molecule has 1 aliphatic rings. The van der Waals surface area contributed by atoms with Crippen LogP contribution in [0.2, 0.25) is 0 Å². The molecule has 21 heavy (non-hydrogen) atoms. The second-order valence-corrected chi connectivity index (χ2v) is 5.96. The van der Waals surface area contributed by atoms with Crippen molar-refractivity contribution in [3.8, 4) is 0 Å². The minimum atomic E-state index is 0.0585. The first-order valence-electron chi connectivity index (χ1n) is 7.07. The first kappa shape index (κ1) is 14.0. The Bertz CT molecular complexity index is 653. The van der Waals surface area contributed by atoms with Gasteiger partial charge in [0.05, 0.1) is 18.0 Å². The molecule has 0 atom stereocenters. The van der Waals surface area contributed by atoms with Gasteiger partial charge in [-0.25, -0.2) is 4.98 Å². The Balaban J connectivity index is 1.69. The van der Waals surface area contributed by atoms with Gasteiger partial charge in [-0.3, -0.25) is 4.79 Å². The summed E-state index contributed by atoms with van der Waals surface area (Å²) in [6.07, 6.45) is 4.92. The van der Waals surface area contributed by atoms with Gasteiger partial charge in [0.25, 0.3) is 0 Å². The Hall–Kier alpha value is -1.95. The molecular weight excluding hydrogens is 284 g/mol.